The number of ether oxygens (including phenoxy) is 1. The Morgan fingerprint density at radius 1 is 1.14 bits per heavy atom. The first-order chi connectivity index (χ1) is 13.5. The van der Waals surface area contributed by atoms with Crippen molar-refractivity contribution in [2.24, 2.45) is 5.16 Å². The molecule has 2 aliphatic heterocycles. The zero-order valence-corrected chi connectivity index (χ0v) is 15.7. The minimum Gasteiger partial charge on any atom is -0.453 e. The van der Waals surface area contributed by atoms with E-state index in [0.29, 0.717) is 58.1 Å². The number of methoxy groups -OCH3 is 1. The van der Waals surface area contributed by atoms with Gasteiger partial charge in [0.15, 0.2) is 6.29 Å². The average molecular weight is 395 g/mol. The molecule has 7 nitrogen and oxygen atoms in total. The predicted octanol–water partition coefficient (Wildman–Crippen LogP) is 2.98. The molecule has 3 rings (SSSR count). The second-order valence-corrected chi connectivity index (χ2v) is 6.85. The van der Waals surface area contributed by atoms with Crippen LogP contribution in [0.4, 0.5) is 19.3 Å². The number of hydrogen-bond donors (Lipinski definition) is 0. The molecular weight excluding hydrogens is 372 g/mol. The van der Waals surface area contributed by atoms with Gasteiger partial charge in [0.25, 0.3) is 0 Å². The molecule has 0 bridgehead atoms. The standard InChI is InChI=1S/C19H23F2N3O4/c1-27-19(26)24-8-4-15(5-9-24)28-22-14-2-6-23(7-3-14)18-11-16(20)13(12-25)10-17(18)21/h10-12,15H,2-9H2,1H3. The smallest absolute Gasteiger partial charge is 0.409 e. The van der Waals surface area contributed by atoms with Crippen molar-refractivity contribution in [3.05, 3.63) is 29.3 Å². The highest BCUT2D eigenvalue weighted by Crippen LogP contribution is 2.25. The van der Waals surface area contributed by atoms with Crippen LogP contribution in [0.5, 0.6) is 0 Å². The summed E-state index contributed by atoms with van der Waals surface area (Å²) in [6, 6.07) is 1.98. The third-order valence-electron chi connectivity index (χ3n) is 5.08. The van der Waals surface area contributed by atoms with E-state index in [4.69, 9.17) is 9.57 Å². The van der Waals surface area contributed by atoms with Gasteiger partial charge in [-0.2, -0.15) is 0 Å². The molecule has 28 heavy (non-hydrogen) atoms. The molecule has 0 aromatic heterocycles. The largest absolute Gasteiger partial charge is 0.453 e. The second kappa shape index (κ2) is 8.99. The maximum atomic E-state index is 14.1. The zero-order chi connectivity index (χ0) is 20.1. The number of amides is 1. The molecule has 0 aliphatic carbocycles. The monoisotopic (exact) mass is 395 g/mol. The quantitative estimate of drug-likeness (QED) is 0.579. The van der Waals surface area contributed by atoms with E-state index in [1.165, 1.54) is 7.11 Å². The molecule has 0 spiro atoms. The molecule has 2 heterocycles. The van der Waals surface area contributed by atoms with Crippen molar-refractivity contribution in [3.8, 4) is 0 Å². The molecule has 0 unspecified atom stereocenters. The predicted molar refractivity (Wildman–Crippen MR) is 98.7 cm³/mol. The van der Waals surface area contributed by atoms with Crippen molar-refractivity contribution in [1.29, 1.82) is 0 Å². The summed E-state index contributed by atoms with van der Waals surface area (Å²) in [5, 5.41) is 4.23. The minimum absolute atomic E-state index is 0.0474. The van der Waals surface area contributed by atoms with Gasteiger partial charge in [-0.1, -0.05) is 5.16 Å². The summed E-state index contributed by atoms with van der Waals surface area (Å²) in [7, 11) is 1.36. The highest BCUT2D eigenvalue weighted by molar-refractivity contribution is 5.86. The number of halogens is 2. The number of piperidine rings is 2. The number of aldehydes is 1. The lowest BCUT2D eigenvalue weighted by Crippen LogP contribution is -2.40. The normalized spacial score (nSPS) is 18.0. The van der Waals surface area contributed by atoms with E-state index in [1.807, 2.05) is 0 Å². The molecule has 2 aliphatic rings. The summed E-state index contributed by atoms with van der Waals surface area (Å²) in [4.78, 5) is 31.2. The van der Waals surface area contributed by atoms with Crippen molar-refractivity contribution in [1.82, 2.24) is 4.90 Å². The van der Waals surface area contributed by atoms with Crippen LogP contribution in [-0.4, -0.2) is 62.4 Å². The van der Waals surface area contributed by atoms with Crippen LogP contribution >= 0.6 is 0 Å². The number of benzene rings is 1. The van der Waals surface area contributed by atoms with Crippen molar-refractivity contribution in [2.45, 2.75) is 31.8 Å². The summed E-state index contributed by atoms with van der Waals surface area (Å²) in [5.74, 6) is -1.34. The Hall–Kier alpha value is -2.71. The number of carbonyl (C=O) groups excluding carboxylic acids is 2. The molecule has 0 radical (unpaired) electrons. The SMILES string of the molecule is COC(=O)N1CCC(ON=C2CCN(c3cc(F)c(C=O)cc3F)CC2)CC1. The van der Waals surface area contributed by atoms with Crippen molar-refractivity contribution < 1.29 is 27.9 Å². The zero-order valence-electron chi connectivity index (χ0n) is 15.7. The third-order valence-corrected chi connectivity index (χ3v) is 5.08. The van der Waals surface area contributed by atoms with Gasteiger partial charge in [0.1, 0.15) is 17.7 Å². The van der Waals surface area contributed by atoms with Gasteiger partial charge in [0.2, 0.25) is 0 Å². The van der Waals surface area contributed by atoms with Gasteiger partial charge in [-0.25, -0.2) is 13.6 Å². The van der Waals surface area contributed by atoms with E-state index in [1.54, 1.807) is 9.80 Å². The van der Waals surface area contributed by atoms with Crippen LogP contribution in [0, 0.1) is 11.6 Å². The van der Waals surface area contributed by atoms with E-state index in [2.05, 4.69) is 5.16 Å². The van der Waals surface area contributed by atoms with Crippen LogP contribution in [0.2, 0.25) is 0 Å². The number of likely N-dealkylation sites (tertiary alicyclic amines) is 1. The van der Waals surface area contributed by atoms with Gasteiger partial charge in [-0.15, -0.1) is 0 Å². The van der Waals surface area contributed by atoms with Crippen LogP contribution in [0.3, 0.4) is 0 Å². The Morgan fingerprint density at radius 3 is 2.43 bits per heavy atom. The Bertz CT molecular complexity index is 754. The maximum absolute atomic E-state index is 14.1. The molecule has 0 saturated carbocycles. The van der Waals surface area contributed by atoms with Crippen LogP contribution in [-0.2, 0) is 9.57 Å². The molecular formula is C19H23F2N3O4. The summed E-state index contributed by atoms with van der Waals surface area (Å²) in [6.07, 6.45) is 2.46. The van der Waals surface area contributed by atoms with Crippen molar-refractivity contribution in [3.63, 3.8) is 0 Å². The average Bonchev–Trinajstić information content (AvgIpc) is 2.73. The first-order valence-corrected chi connectivity index (χ1v) is 9.25. The Labute approximate surface area is 161 Å². The fraction of sp³-hybridized carbons (Fsp3) is 0.526. The van der Waals surface area contributed by atoms with Gasteiger partial charge in [-0.3, -0.25) is 4.79 Å². The third kappa shape index (κ3) is 4.58. The Balaban J connectivity index is 1.50. The van der Waals surface area contributed by atoms with Crippen molar-refractivity contribution >= 4 is 23.8 Å². The van der Waals surface area contributed by atoms with E-state index in [0.717, 1.165) is 17.8 Å². The molecule has 1 amide bonds. The number of oxime groups is 1. The first kappa shape index (κ1) is 20.0. The number of rotatable bonds is 4. The lowest BCUT2D eigenvalue weighted by atomic mass is 10.1. The van der Waals surface area contributed by atoms with Gasteiger partial charge >= 0.3 is 6.09 Å². The second-order valence-electron chi connectivity index (χ2n) is 6.85. The van der Waals surface area contributed by atoms with Gasteiger partial charge in [0.05, 0.1) is 24.1 Å². The summed E-state index contributed by atoms with van der Waals surface area (Å²) >= 11 is 0. The molecule has 0 atom stereocenters. The summed E-state index contributed by atoms with van der Waals surface area (Å²) in [6.45, 7) is 2.11. The molecule has 1 aromatic rings. The Kier molecular flexibility index (Phi) is 6.43. The molecule has 2 saturated heterocycles. The minimum atomic E-state index is -0.729. The van der Waals surface area contributed by atoms with Crippen LogP contribution in [0.25, 0.3) is 0 Å². The molecule has 1 aromatic carbocycles. The van der Waals surface area contributed by atoms with Crippen LogP contribution in [0.15, 0.2) is 17.3 Å². The number of nitrogens with zero attached hydrogens (tertiary/aromatic N) is 3. The molecule has 152 valence electrons. The number of carbonyl (C=O) groups is 2. The molecule has 2 fully saturated rings. The van der Waals surface area contributed by atoms with E-state index >= 15 is 0 Å². The van der Waals surface area contributed by atoms with Gasteiger partial charge in [-0.05, 0) is 6.07 Å². The first-order valence-electron chi connectivity index (χ1n) is 9.25. The highest BCUT2D eigenvalue weighted by Gasteiger charge is 2.25. The molecule has 9 heteroatoms. The van der Waals surface area contributed by atoms with E-state index in [9.17, 15) is 18.4 Å². The maximum Gasteiger partial charge on any atom is 0.409 e. The van der Waals surface area contributed by atoms with E-state index in [-0.39, 0.29) is 23.4 Å². The topological polar surface area (TPSA) is 71.4 Å². The lowest BCUT2D eigenvalue weighted by Gasteiger charge is -2.31. The van der Waals surface area contributed by atoms with E-state index < -0.39 is 11.6 Å². The highest BCUT2D eigenvalue weighted by atomic mass is 19.1. The van der Waals surface area contributed by atoms with Gasteiger partial charge in [0, 0.05) is 57.9 Å². The van der Waals surface area contributed by atoms with Gasteiger partial charge < -0.3 is 19.4 Å². The molecule has 0 N–H and O–H groups in total. The van der Waals surface area contributed by atoms with Crippen LogP contribution in [0.1, 0.15) is 36.0 Å². The summed E-state index contributed by atoms with van der Waals surface area (Å²) < 4.78 is 32.6. The van der Waals surface area contributed by atoms with Crippen LogP contribution < -0.4 is 4.90 Å². The fourth-order valence-corrected chi connectivity index (χ4v) is 3.40. The lowest BCUT2D eigenvalue weighted by molar-refractivity contribution is 0.0105. The fourth-order valence-electron chi connectivity index (χ4n) is 3.40. The summed E-state index contributed by atoms with van der Waals surface area (Å²) in [5.41, 5.74) is 0.738. The Morgan fingerprint density at radius 2 is 1.82 bits per heavy atom. The number of anilines is 1. The number of hydrogen-bond acceptors (Lipinski definition) is 6. The van der Waals surface area contributed by atoms with Crippen molar-refractivity contribution in [2.75, 3.05) is 38.2 Å².